The number of anilines is 2. The van der Waals surface area contributed by atoms with Gasteiger partial charge in [0.05, 0.1) is 11.4 Å². The maximum atomic E-state index is 11.8. The summed E-state index contributed by atoms with van der Waals surface area (Å²) < 4.78 is 0. The Morgan fingerprint density at radius 1 is 1.33 bits per heavy atom. The maximum Gasteiger partial charge on any atom is 0.251 e. The van der Waals surface area contributed by atoms with Gasteiger partial charge in [0, 0.05) is 18.2 Å². The van der Waals surface area contributed by atoms with Crippen molar-refractivity contribution in [1.29, 1.82) is 0 Å². The van der Waals surface area contributed by atoms with Gasteiger partial charge >= 0.3 is 0 Å². The molecular weight excluding hydrogens is 262 g/mol. The van der Waals surface area contributed by atoms with Crippen molar-refractivity contribution >= 4 is 17.3 Å². The molecule has 2 rings (SSSR count). The minimum Gasteiger partial charge on any atom is -0.397 e. The van der Waals surface area contributed by atoms with Gasteiger partial charge in [-0.25, -0.2) is 0 Å². The molecule has 4 N–H and O–H groups in total. The average molecular weight is 289 g/mol. The third kappa shape index (κ3) is 3.90. The quantitative estimate of drug-likeness (QED) is 0.745. The van der Waals surface area contributed by atoms with E-state index in [1.807, 2.05) is 19.1 Å². The summed E-state index contributed by atoms with van der Waals surface area (Å²) in [5.41, 5.74) is 8.30. The predicted octanol–water partition coefficient (Wildman–Crippen LogP) is 3.26. The van der Waals surface area contributed by atoms with Crippen LogP contribution in [0.2, 0.25) is 0 Å². The van der Waals surface area contributed by atoms with Crippen LogP contribution in [0.3, 0.4) is 0 Å². The average Bonchev–Trinajstić information content (AvgIpc) is 2.44. The molecule has 1 aliphatic carbocycles. The van der Waals surface area contributed by atoms with Crippen LogP contribution in [-0.2, 0) is 0 Å². The fraction of sp³-hybridized carbons (Fsp3) is 0.588. The molecule has 4 heteroatoms. The number of nitrogen functional groups attached to an aromatic ring is 1. The SMILES string of the molecule is CCNC(=O)c1ccc(NC2CCC(C)CC2C)c(N)c1. The fourth-order valence-electron chi connectivity index (χ4n) is 3.18. The molecule has 1 aromatic rings. The molecule has 1 saturated carbocycles. The van der Waals surface area contributed by atoms with Crippen LogP contribution in [0.1, 0.15) is 50.4 Å². The fourth-order valence-corrected chi connectivity index (χ4v) is 3.18. The minimum absolute atomic E-state index is 0.0735. The Labute approximate surface area is 127 Å². The van der Waals surface area contributed by atoms with Gasteiger partial charge in [0.25, 0.3) is 5.91 Å². The lowest BCUT2D eigenvalue weighted by atomic mass is 9.80. The number of benzene rings is 1. The second kappa shape index (κ2) is 6.83. The summed E-state index contributed by atoms with van der Waals surface area (Å²) in [6, 6.07) is 5.98. The Bertz CT molecular complexity index is 501. The molecular formula is C17H27N3O. The summed E-state index contributed by atoms with van der Waals surface area (Å²) in [6.45, 7) is 7.15. The molecule has 0 aromatic heterocycles. The van der Waals surface area contributed by atoms with Crippen molar-refractivity contribution in [1.82, 2.24) is 5.32 Å². The summed E-state index contributed by atoms with van der Waals surface area (Å²) in [4.78, 5) is 11.8. The van der Waals surface area contributed by atoms with E-state index in [-0.39, 0.29) is 5.91 Å². The van der Waals surface area contributed by atoms with E-state index in [1.165, 1.54) is 19.3 Å². The van der Waals surface area contributed by atoms with Crippen LogP contribution in [0.5, 0.6) is 0 Å². The largest absolute Gasteiger partial charge is 0.397 e. The highest BCUT2D eigenvalue weighted by Gasteiger charge is 2.25. The predicted molar refractivity (Wildman–Crippen MR) is 88.5 cm³/mol. The van der Waals surface area contributed by atoms with Gasteiger partial charge in [0.2, 0.25) is 0 Å². The summed E-state index contributed by atoms with van der Waals surface area (Å²) in [5.74, 6) is 1.39. The van der Waals surface area contributed by atoms with Crippen molar-refractivity contribution in [2.24, 2.45) is 11.8 Å². The number of hydrogen-bond donors (Lipinski definition) is 3. The highest BCUT2D eigenvalue weighted by Crippen LogP contribution is 2.32. The topological polar surface area (TPSA) is 67.2 Å². The molecule has 0 heterocycles. The summed E-state index contributed by atoms with van der Waals surface area (Å²) in [7, 11) is 0. The van der Waals surface area contributed by atoms with Gasteiger partial charge in [-0.05, 0) is 56.2 Å². The maximum absolute atomic E-state index is 11.8. The van der Waals surface area contributed by atoms with E-state index in [1.54, 1.807) is 6.07 Å². The monoisotopic (exact) mass is 289 g/mol. The minimum atomic E-state index is -0.0735. The number of rotatable bonds is 4. The van der Waals surface area contributed by atoms with E-state index in [9.17, 15) is 4.79 Å². The lowest BCUT2D eigenvalue weighted by molar-refractivity contribution is 0.0956. The zero-order valence-electron chi connectivity index (χ0n) is 13.3. The number of nitrogens with one attached hydrogen (secondary N) is 2. The van der Waals surface area contributed by atoms with E-state index >= 15 is 0 Å². The molecule has 0 radical (unpaired) electrons. The van der Waals surface area contributed by atoms with E-state index in [2.05, 4.69) is 24.5 Å². The van der Waals surface area contributed by atoms with Gasteiger partial charge in [-0.3, -0.25) is 4.79 Å². The molecule has 0 bridgehead atoms. The number of nitrogens with two attached hydrogens (primary N) is 1. The zero-order chi connectivity index (χ0) is 15.4. The first-order valence-electron chi connectivity index (χ1n) is 7.95. The third-order valence-corrected chi connectivity index (χ3v) is 4.42. The number of carbonyl (C=O) groups excluding carboxylic acids is 1. The molecule has 0 aliphatic heterocycles. The first-order chi connectivity index (χ1) is 10.0. The van der Waals surface area contributed by atoms with Crippen LogP contribution in [0.25, 0.3) is 0 Å². The number of carbonyl (C=O) groups is 1. The summed E-state index contributed by atoms with van der Waals surface area (Å²) >= 11 is 0. The van der Waals surface area contributed by atoms with E-state index < -0.39 is 0 Å². The molecule has 0 spiro atoms. The molecule has 116 valence electrons. The third-order valence-electron chi connectivity index (χ3n) is 4.42. The number of amides is 1. The van der Waals surface area contributed by atoms with Gasteiger partial charge in [0.1, 0.15) is 0 Å². The Hall–Kier alpha value is -1.71. The zero-order valence-corrected chi connectivity index (χ0v) is 13.3. The molecule has 1 aromatic carbocycles. The Balaban J connectivity index is 2.06. The molecule has 1 aliphatic rings. The van der Waals surface area contributed by atoms with Crippen molar-refractivity contribution < 1.29 is 4.79 Å². The molecule has 1 fully saturated rings. The van der Waals surface area contributed by atoms with E-state index in [0.29, 0.717) is 29.8 Å². The van der Waals surface area contributed by atoms with Crippen LogP contribution in [0.4, 0.5) is 11.4 Å². The molecule has 4 nitrogen and oxygen atoms in total. The first kappa shape index (κ1) is 15.7. The Morgan fingerprint density at radius 3 is 2.71 bits per heavy atom. The molecule has 0 saturated heterocycles. The Kier molecular flexibility index (Phi) is 5.10. The van der Waals surface area contributed by atoms with Crippen LogP contribution in [0.15, 0.2) is 18.2 Å². The summed E-state index contributed by atoms with van der Waals surface area (Å²) in [5, 5.41) is 6.35. The molecule has 21 heavy (non-hydrogen) atoms. The smallest absolute Gasteiger partial charge is 0.251 e. The first-order valence-corrected chi connectivity index (χ1v) is 7.95. The Morgan fingerprint density at radius 2 is 2.10 bits per heavy atom. The molecule has 1 amide bonds. The highest BCUT2D eigenvalue weighted by molar-refractivity contribution is 5.96. The highest BCUT2D eigenvalue weighted by atomic mass is 16.1. The van der Waals surface area contributed by atoms with Gasteiger partial charge < -0.3 is 16.4 Å². The van der Waals surface area contributed by atoms with Crippen molar-refractivity contribution in [3.05, 3.63) is 23.8 Å². The second-order valence-electron chi connectivity index (χ2n) is 6.31. The number of hydrogen-bond acceptors (Lipinski definition) is 3. The lowest BCUT2D eigenvalue weighted by Crippen LogP contribution is -2.33. The standard InChI is InChI=1S/C17H27N3O/c1-4-19-17(21)13-6-8-16(14(18)10-13)20-15-7-5-11(2)9-12(15)3/h6,8,10-12,15,20H,4-5,7,9,18H2,1-3H3,(H,19,21). The van der Waals surface area contributed by atoms with Crippen LogP contribution >= 0.6 is 0 Å². The van der Waals surface area contributed by atoms with E-state index in [0.717, 1.165) is 11.6 Å². The summed E-state index contributed by atoms with van der Waals surface area (Å²) in [6.07, 6.45) is 3.70. The van der Waals surface area contributed by atoms with E-state index in [4.69, 9.17) is 5.73 Å². The second-order valence-corrected chi connectivity index (χ2v) is 6.31. The van der Waals surface area contributed by atoms with Crippen molar-refractivity contribution in [3.8, 4) is 0 Å². The van der Waals surface area contributed by atoms with Gasteiger partial charge in [-0.1, -0.05) is 13.8 Å². The van der Waals surface area contributed by atoms with Crippen molar-refractivity contribution in [2.45, 2.75) is 46.1 Å². The van der Waals surface area contributed by atoms with Crippen molar-refractivity contribution in [2.75, 3.05) is 17.6 Å². The van der Waals surface area contributed by atoms with Gasteiger partial charge in [0.15, 0.2) is 0 Å². The van der Waals surface area contributed by atoms with Crippen LogP contribution < -0.4 is 16.4 Å². The van der Waals surface area contributed by atoms with Crippen molar-refractivity contribution in [3.63, 3.8) is 0 Å². The van der Waals surface area contributed by atoms with Crippen LogP contribution in [-0.4, -0.2) is 18.5 Å². The van der Waals surface area contributed by atoms with Gasteiger partial charge in [-0.15, -0.1) is 0 Å². The lowest BCUT2D eigenvalue weighted by Gasteiger charge is -2.34. The van der Waals surface area contributed by atoms with Crippen LogP contribution in [0, 0.1) is 11.8 Å². The molecule has 3 atom stereocenters. The normalized spacial score (nSPS) is 25.4. The van der Waals surface area contributed by atoms with Gasteiger partial charge in [-0.2, -0.15) is 0 Å². The molecule has 3 unspecified atom stereocenters.